The number of hydrogen-bond acceptors (Lipinski definition) is 9. The Kier molecular flexibility index (Phi) is 13.5. The van der Waals surface area contributed by atoms with Crippen LogP contribution in [0.1, 0.15) is 75.1 Å². The zero-order valence-electron chi connectivity index (χ0n) is 25.6. The van der Waals surface area contributed by atoms with Gasteiger partial charge in [0.1, 0.15) is 5.75 Å². The average molecular weight is 677 g/mol. The first kappa shape index (κ1) is 38.5. The maximum absolute atomic E-state index is 14.0. The Bertz CT molecular complexity index is 1460. The van der Waals surface area contributed by atoms with Crippen molar-refractivity contribution in [3.05, 3.63) is 59.2 Å². The van der Waals surface area contributed by atoms with Crippen LogP contribution in [0.5, 0.6) is 5.75 Å². The minimum Gasteiger partial charge on any atom is -0.496 e. The van der Waals surface area contributed by atoms with Crippen LogP contribution in [0.25, 0.3) is 0 Å². The van der Waals surface area contributed by atoms with Crippen molar-refractivity contribution in [1.82, 2.24) is 10.4 Å². The molecule has 2 atom stereocenters. The van der Waals surface area contributed by atoms with Gasteiger partial charge in [-0.15, -0.1) is 0 Å². The normalized spacial score (nSPS) is 19.3. The van der Waals surface area contributed by atoms with Crippen molar-refractivity contribution < 1.29 is 61.2 Å². The summed E-state index contributed by atoms with van der Waals surface area (Å²) in [6, 6.07) is 10.7. The number of carbonyl (C=O) groups is 3. The Hall–Kier alpha value is -3.73. The third-order valence-corrected chi connectivity index (χ3v) is 9.61. The van der Waals surface area contributed by atoms with Gasteiger partial charge in [0.25, 0.3) is 0 Å². The van der Waals surface area contributed by atoms with E-state index in [0.29, 0.717) is 29.7 Å². The molecule has 1 heterocycles. The zero-order valence-corrected chi connectivity index (χ0v) is 26.4. The van der Waals surface area contributed by atoms with Gasteiger partial charge in [-0.2, -0.15) is 18.2 Å². The fourth-order valence-corrected chi connectivity index (χ4v) is 7.51. The van der Waals surface area contributed by atoms with Gasteiger partial charge >= 0.3 is 24.1 Å². The molecule has 46 heavy (non-hydrogen) atoms. The topological polar surface area (TPSA) is 191 Å². The lowest BCUT2D eigenvalue weighted by atomic mass is 9.87. The monoisotopic (exact) mass is 676 g/mol. The lowest BCUT2D eigenvalue weighted by Crippen LogP contribution is -2.51. The molecular formula is C30H39F3N2O10S. The molecule has 0 aliphatic carbocycles. The number of carboxylic acid groups (broad SMARTS) is 3. The quantitative estimate of drug-likeness (QED) is 0.198. The van der Waals surface area contributed by atoms with E-state index in [2.05, 4.69) is 5.32 Å². The number of hydrogen-bond donors (Lipinski definition) is 5. The SMILES string of the molecule is CCCC[C@]1(CC)CS(=O)(=O)c2cc(CNC(CC(=O)O)CC(=O)O)c(OC)cc2[C@@H](c2ccccc2)N1O.O=C(O)C(F)(F)F. The molecule has 5 N–H and O–H groups in total. The Balaban J connectivity index is 0.000000942. The lowest BCUT2D eigenvalue weighted by Gasteiger charge is -2.42. The van der Waals surface area contributed by atoms with Crippen LogP contribution in [0.15, 0.2) is 47.4 Å². The van der Waals surface area contributed by atoms with Crippen molar-refractivity contribution in [3.63, 3.8) is 0 Å². The molecule has 0 amide bonds. The number of rotatable bonds is 13. The maximum Gasteiger partial charge on any atom is 0.490 e. The molecule has 1 aliphatic rings. The first-order valence-electron chi connectivity index (χ1n) is 14.4. The van der Waals surface area contributed by atoms with Gasteiger partial charge in [-0.3, -0.25) is 9.59 Å². The van der Waals surface area contributed by atoms with Crippen molar-refractivity contribution in [1.29, 1.82) is 0 Å². The fraction of sp³-hybridized carbons (Fsp3) is 0.500. The minimum absolute atomic E-state index is 0.00913. The van der Waals surface area contributed by atoms with Crippen LogP contribution in [0.2, 0.25) is 0 Å². The number of nitrogens with zero attached hydrogens (tertiary/aromatic N) is 1. The number of alkyl halides is 3. The van der Waals surface area contributed by atoms with Gasteiger partial charge in [0.15, 0.2) is 9.84 Å². The van der Waals surface area contributed by atoms with Gasteiger partial charge in [0, 0.05) is 18.2 Å². The predicted octanol–water partition coefficient (Wildman–Crippen LogP) is 4.64. The van der Waals surface area contributed by atoms with Gasteiger partial charge in [-0.05, 0) is 36.1 Å². The van der Waals surface area contributed by atoms with Crippen molar-refractivity contribution in [2.24, 2.45) is 0 Å². The Morgan fingerprint density at radius 3 is 2.09 bits per heavy atom. The average Bonchev–Trinajstić information content (AvgIpc) is 3.04. The Morgan fingerprint density at radius 2 is 1.63 bits per heavy atom. The van der Waals surface area contributed by atoms with E-state index in [4.69, 9.17) is 14.6 Å². The van der Waals surface area contributed by atoms with E-state index >= 15 is 0 Å². The van der Waals surface area contributed by atoms with E-state index in [1.807, 2.05) is 44.2 Å². The predicted molar refractivity (Wildman–Crippen MR) is 158 cm³/mol. The summed E-state index contributed by atoms with van der Waals surface area (Å²) < 4.78 is 65.3. The van der Waals surface area contributed by atoms with Gasteiger partial charge < -0.3 is 30.6 Å². The summed E-state index contributed by atoms with van der Waals surface area (Å²) >= 11 is 0. The van der Waals surface area contributed by atoms with Crippen LogP contribution >= 0.6 is 0 Å². The van der Waals surface area contributed by atoms with Crippen molar-refractivity contribution in [2.75, 3.05) is 12.9 Å². The molecule has 1 aliphatic heterocycles. The molecular weight excluding hydrogens is 637 g/mol. The second kappa shape index (κ2) is 16.2. The lowest BCUT2D eigenvalue weighted by molar-refractivity contribution is -0.193. The first-order chi connectivity index (χ1) is 21.4. The van der Waals surface area contributed by atoms with Crippen molar-refractivity contribution in [3.8, 4) is 5.75 Å². The number of hydroxylamine groups is 2. The van der Waals surface area contributed by atoms with E-state index in [-0.39, 0.29) is 17.2 Å². The summed E-state index contributed by atoms with van der Waals surface area (Å²) in [6.07, 6.45) is -3.42. The molecule has 256 valence electrons. The van der Waals surface area contributed by atoms with E-state index in [9.17, 15) is 46.6 Å². The molecule has 2 aromatic rings. The molecule has 0 bridgehead atoms. The number of halogens is 3. The maximum atomic E-state index is 14.0. The Labute approximate surface area is 264 Å². The zero-order chi connectivity index (χ0) is 34.9. The van der Waals surface area contributed by atoms with Gasteiger partial charge in [0.05, 0.1) is 42.2 Å². The number of fused-ring (bicyclic) bond motifs is 1. The number of methoxy groups -OCH3 is 1. The molecule has 2 aromatic carbocycles. The molecule has 0 aromatic heterocycles. The summed E-state index contributed by atoms with van der Waals surface area (Å²) in [4.78, 5) is 31.4. The number of benzene rings is 2. The highest BCUT2D eigenvalue weighted by Gasteiger charge is 2.48. The highest BCUT2D eigenvalue weighted by atomic mass is 32.2. The van der Waals surface area contributed by atoms with E-state index < -0.39 is 64.4 Å². The highest BCUT2D eigenvalue weighted by Crippen LogP contribution is 2.45. The number of carboxylic acids is 3. The van der Waals surface area contributed by atoms with Crippen LogP contribution in [0.3, 0.4) is 0 Å². The molecule has 16 heteroatoms. The minimum atomic E-state index is -5.08. The summed E-state index contributed by atoms with van der Waals surface area (Å²) in [7, 11) is -2.46. The largest absolute Gasteiger partial charge is 0.496 e. The molecule has 12 nitrogen and oxygen atoms in total. The molecule has 3 rings (SSSR count). The molecule has 0 spiro atoms. The van der Waals surface area contributed by atoms with Gasteiger partial charge in [0.2, 0.25) is 0 Å². The van der Waals surface area contributed by atoms with Crippen LogP contribution in [-0.4, -0.2) is 82.5 Å². The van der Waals surface area contributed by atoms with Crippen LogP contribution in [0, 0.1) is 0 Å². The molecule has 0 saturated carbocycles. The summed E-state index contributed by atoms with van der Waals surface area (Å²) in [5.41, 5.74) is 0.524. The van der Waals surface area contributed by atoms with E-state index in [1.54, 1.807) is 6.07 Å². The number of ether oxygens (including phenoxy) is 1. The molecule has 0 radical (unpaired) electrons. The number of aliphatic carboxylic acids is 3. The van der Waals surface area contributed by atoms with Crippen LogP contribution in [0.4, 0.5) is 13.2 Å². The number of unbranched alkanes of at least 4 members (excludes halogenated alkanes) is 1. The standard InChI is InChI=1S/C28H38N2O8S.C2HF3O2/c1-4-6-12-28(5-2)18-39(36,37)24-13-20(17-29-21(14-25(31)32)15-26(33)34)23(38-3)16-22(24)27(30(28)35)19-10-8-7-9-11-19;3-2(4,5)1(6)7/h7-11,13,16,21,27,29,35H,4-6,12,14-15,17-18H2,1-3H3,(H,31,32)(H,33,34);(H,6,7)/t27-,28-;/m1./s1. The number of nitrogens with one attached hydrogen (secondary N) is 1. The molecule has 0 saturated heterocycles. The summed E-state index contributed by atoms with van der Waals surface area (Å²) in [5, 5.41) is 41.4. The molecule has 0 unspecified atom stereocenters. The van der Waals surface area contributed by atoms with Crippen LogP contribution < -0.4 is 10.1 Å². The van der Waals surface area contributed by atoms with Crippen molar-refractivity contribution >= 4 is 27.7 Å². The van der Waals surface area contributed by atoms with E-state index in [0.717, 1.165) is 18.4 Å². The first-order valence-corrected chi connectivity index (χ1v) is 16.0. The second-order valence-electron chi connectivity index (χ2n) is 10.9. The van der Waals surface area contributed by atoms with Crippen LogP contribution in [-0.2, 0) is 30.8 Å². The fourth-order valence-electron chi connectivity index (χ4n) is 5.31. The third-order valence-electron chi connectivity index (χ3n) is 7.67. The second-order valence-corrected chi connectivity index (χ2v) is 12.8. The Morgan fingerprint density at radius 1 is 1.07 bits per heavy atom. The molecule has 0 fully saturated rings. The van der Waals surface area contributed by atoms with Gasteiger partial charge in [-0.25, -0.2) is 13.2 Å². The van der Waals surface area contributed by atoms with E-state index in [1.165, 1.54) is 18.2 Å². The highest BCUT2D eigenvalue weighted by molar-refractivity contribution is 7.91. The van der Waals surface area contributed by atoms with Gasteiger partial charge in [-0.1, -0.05) is 57.0 Å². The third kappa shape index (κ3) is 9.88. The summed E-state index contributed by atoms with van der Waals surface area (Å²) in [5.74, 6) is -4.99. The van der Waals surface area contributed by atoms with Crippen molar-refractivity contribution in [2.45, 2.75) is 87.6 Å². The smallest absolute Gasteiger partial charge is 0.490 e. The number of sulfone groups is 1. The summed E-state index contributed by atoms with van der Waals surface area (Å²) in [6.45, 7) is 3.89.